The number of amides is 1. The number of nitrogens with one attached hydrogen (secondary N) is 2. The monoisotopic (exact) mass is 358 g/mol. The molecule has 1 aliphatic carbocycles. The van der Waals surface area contributed by atoms with E-state index in [4.69, 9.17) is 10.3 Å². The van der Waals surface area contributed by atoms with Crippen molar-refractivity contribution in [2.75, 3.05) is 6.54 Å². The fraction of sp³-hybridized carbons (Fsp3) is 0.733. The van der Waals surface area contributed by atoms with Crippen LogP contribution in [-0.4, -0.2) is 38.1 Å². The first-order valence-electron chi connectivity index (χ1n) is 8.22. The number of aryl methyl sites for hydroxylation is 2. The van der Waals surface area contributed by atoms with E-state index in [1.807, 2.05) is 0 Å². The molecule has 3 unspecified atom stereocenters. The van der Waals surface area contributed by atoms with Crippen LogP contribution in [0.4, 0.5) is 0 Å². The van der Waals surface area contributed by atoms with E-state index >= 15 is 0 Å². The van der Waals surface area contributed by atoms with Crippen molar-refractivity contribution < 1.29 is 17.7 Å². The van der Waals surface area contributed by atoms with Gasteiger partial charge >= 0.3 is 0 Å². The molecule has 0 aliphatic heterocycles. The average molecular weight is 358 g/mol. The standard InChI is InChI=1S/C15H26N4O4S/c1-9-14(11(3)23-18-9)24(21,22)19-10(2)15(20)17-13-7-5-4-6-12(13)8-16/h10,12-13,19H,4-8,16H2,1-3H3,(H,17,20). The largest absolute Gasteiger partial charge is 0.360 e. The Morgan fingerprint density at radius 2 is 2.04 bits per heavy atom. The quantitative estimate of drug-likeness (QED) is 0.683. The summed E-state index contributed by atoms with van der Waals surface area (Å²) in [5.74, 6) is 0.0906. The van der Waals surface area contributed by atoms with Gasteiger partial charge in [0.15, 0.2) is 5.76 Å². The Bertz CT molecular complexity index is 666. The molecule has 0 bridgehead atoms. The van der Waals surface area contributed by atoms with Crippen molar-refractivity contribution in [3.8, 4) is 0 Å². The summed E-state index contributed by atoms with van der Waals surface area (Å²) >= 11 is 0. The van der Waals surface area contributed by atoms with Gasteiger partial charge in [-0.25, -0.2) is 8.42 Å². The molecule has 1 aliphatic rings. The normalized spacial score (nSPS) is 23.0. The third kappa shape index (κ3) is 4.14. The van der Waals surface area contributed by atoms with Crippen molar-refractivity contribution in [1.29, 1.82) is 0 Å². The number of carbonyl (C=O) groups excluding carboxylic acids is 1. The van der Waals surface area contributed by atoms with Crippen LogP contribution >= 0.6 is 0 Å². The minimum absolute atomic E-state index is 0.00210. The van der Waals surface area contributed by atoms with Crippen molar-refractivity contribution in [3.05, 3.63) is 11.5 Å². The number of rotatable bonds is 6. The first-order chi connectivity index (χ1) is 11.3. The van der Waals surface area contributed by atoms with E-state index in [1.165, 1.54) is 13.8 Å². The highest BCUT2D eigenvalue weighted by Gasteiger charge is 2.31. The van der Waals surface area contributed by atoms with E-state index in [0.29, 0.717) is 6.54 Å². The first-order valence-corrected chi connectivity index (χ1v) is 9.70. The number of nitrogens with zero attached hydrogens (tertiary/aromatic N) is 1. The molecule has 2 rings (SSSR count). The molecule has 0 aromatic carbocycles. The lowest BCUT2D eigenvalue weighted by Crippen LogP contribution is -2.51. The molecule has 1 aromatic rings. The Morgan fingerprint density at radius 1 is 1.38 bits per heavy atom. The van der Waals surface area contributed by atoms with Gasteiger partial charge in [0.1, 0.15) is 10.6 Å². The van der Waals surface area contributed by atoms with Gasteiger partial charge in [-0.2, -0.15) is 4.72 Å². The van der Waals surface area contributed by atoms with Gasteiger partial charge in [0.05, 0.1) is 6.04 Å². The lowest BCUT2D eigenvalue weighted by atomic mass is 9.84. The molecular formula is C15H26N4O4S. The minimum Gasteiger partial charge on any atom is -0.360 e. The molecule has 1 saturated carbocycles. The van der Waals surface area contributed by atoms with Gasteiger partial charge in [0.2, 0.25) is 15.9 Å². The van der Waals surface area contributed by atoms with Crippen molar-refractivity contribution in [3.63, 3.8) is 0 Å². The molecule has 136 valence electrons. The number of hydrogen-bond donors (Lipinski definition) is 3. The molecule has 1 fully saturated rings. The second-order valence-electron chi connectivity index (χ2n) is 6.39. The van der Waals surface area contributed by atoms with Crippen LogP contribution in [-0.2, 0) is 14.8 Å². The van der Waals surface area contributed by atoms with Crippen LogP contribution in [0.3, 0.4) is 0 Å². The van der Waals surface area contributed by atoms with Crippen molar-refractivity contribution in [2.45, 2.75) is 63.4 Å². The van der Waals surface area contributed by atoms with Gasteiger partial charge in [0.25, 0.3) is 0 Å². The van der Waals surface area contributed by atoms with Crippen molar-refractivity contribution in [2.24, 2.45) is 11.7 Å². The van der Waals surface area contributed by atoms with E-state index < -0.39 is 16.1 Å². The Kier molecular flexibility index (Phi) is 6.00. The van der Waals surface area contributed by atoms with Gasteiger partial charge in [-0.1, -0.05) is 18.0 Å². The van der Waals surface area contributed by atoms with Crippen LogP contribution in [0, 0.1) is 19.8 Å². The predicted octanol–water partition coefficient (Wildman–Crippen LogP) is 0.592. The van der Waals surface area contributed by atoms with Crippen molar-refractivity contribution in [1.82, 2.24) is 15.2 Å². The Balaban J connectivity index is 2.03. The van der Waals surface area contributed by atoms with E-state index in [2.05, 4.69) is 15.2 Å². The maximum Gasteiger partial charge on any atom is 0.246 e. The number of sulfonamides is 1. The number of hydrogen-bond acceptors (Lipinski definition) is 6. The molecule has 3 atom stereocenters. The SMILES string of the molecule is Cc1noc(C)c1S(=O)(=O)NC(C)C(=O)NC1CCCCC1CN. The van der Waals surface area contributed by atoms with E-state index in [0.717, 1.165) is 25.7 Å². The summed E-state index contributed by atoms with van der Waals surface area (Å²) in [5.41, 5.74) is 6.03. The summed E-state index contributed by atoms with van der Waals surface area (Å²) < 4.78 is 32.2. The van der Waals surface area contributed by atoms with E-state index in [9.17, 15) is 13.2 Å². The number of nitrogens with two attached hydrogens (primary N) is 1. The van der Waals surface area contributed by atoms with Crippen LogP contribution < -0.4 is 15.8 Å². The van der Waals surface area contributed by atoms with Gasteiger partial charge in [0, 0.05) is 6.04 Å². The Labute approximate surface area is 142 Å². The summed E-state index contributed by atoms with van der Waals surface area (Å²) in [6, 6.07) is -0.897. The second-order valence-corrected chi connectivity index (χ2v) is 8.04. The summed E-state index contributed by atoms with van der Waals surface area (Å²) in [4.78, 5) is 12.4. The van der Waals surface area contributed by atoms with Crippen molar-refractivity contribution >= 4 is 15.9 Å². The third-order valence-electron chi connectivity index (χ3n) is 4.50. The third-order valence-corrected chi connectivity index (χ3v) is 6.29. The topological polar surface area (TPSA) is 127 Å². The lowest BCUT2D eigenvalue weighted by Gasteiger charge is -2.32. The summed E-state index contributed by atoms with van der Waals surface area (Å²) in [7, 11) is -3.87. The van der Waals surface area contributed by atoms with Crippen LogP contribution in [0.1, 0.15) is 44.1 Å². The van der Waals surface area contributed by atoms with Crippen LogP contribution in [0.5, 0.6) is 0 Å². The molecule has 4 N–H and O–H groups in total. The molecule has 1 heterocycles. The summed E-state index contributed by atoms with van der Waals surface area (Å²) in [6.07, 6.45) is 4.01. The molecule has 0 saturated heterocycles. The second kappa shape index (κ2) is 7.62. The fourth-order valence-electron chi connectivity index (χ4n) is 3.19. The zero-order valence-corrected chi connectivity index (χ0v) is 15.1. The minimum atomic E-state index is -3.87. The molecular weight excluding hydrogens is 332 g/mol. The number of carbonyl (C=O) groups is 1. The smallest absolute Gasteiger partial charge is 0.246 e. The summed E-state index contributed by atoms with van der Waals surface area (Å²) in [5, 5.41) is 6.57. The zero-order chi connectivity index (χ0) is 17.9. The van der Waals surface area contributed by atoms with Crippen LogP contribution in [0.15, 0.2) is 9.42 Å². The Morgan fingerprint density at radius 3 is 2.62 bits per heavy atom. The lowest BCUT2D eigenvalue weighted by molar-refractivity contribution is -0.123. The van der Waals surface area contributed by atoms with E-state index in [-0.39, 0.29) is 34.2 Å². The zero-order valence-electron chi connectivity index (χ0n) is 14.3. The first kappa shape index (κ1) is 18.9. The van der Waals surface area contributed by atoms with Crippen LogP contribution in [0.25, 0.3) is 0 Å². The van der Waals surface area contributed by atoms with Gasteiger partial charge in [-0.3, -0.25) is 4.79 Å². The Hall–Kier alpha value is -1.45. The van der Waals surface area contributed by atoms with Crippen LogP contribution in [0.2, 0.25) is 0 Å². The maximum absolute atomic E-state index is 12.5. The molecule has 0 spiro atoms. The number of aromatic nitrogens is 1. The molecule has 8 nitrogen and oxygen atoms in total. The molecule has 9 heteroatoms. The van der Waals surface area contributed by atoms with Gasteiger partial charge < -0.3 is 15.6 Å². The molecule has 1 amide bonds. The predicted molar refractivity (Wildman–Crippen MR) is 88.7 cm³/mol. The summed E-state index contributed by atoms with van der Waals surface area (Å²) in [6.45, 7) is 5.10. The van der Waals surface area contributed by atoms with Gasteiger partial charge in [-0.05, 0) is 46.1 Å². The fourth-order valence-corrected chi connectivity index (χ4v) is 4.72. The molecule has 0 radical (unpaired) electrons. The van der Waals surface area contributed by atoms with Gasteiger partial charge in [-0.15, -0.1) is 0 Å². The average Bonchev–Trinajstić information content (AvgIpc) is 2.87. The highest BCUT2D eigenvalue weighted by atomic mass is 32.2. The molecule has 1 aromatic heterocycles. The van der Waals surface area contributed by atoms with E-state index in [1.54, 1.807) is 6.92 Å². The maximum atomic E-state index is 12.5. The molecule has 24 heavy (non-hydrogen) atoms. The highest BCUT2D eigenvalue weighted by Crippen LogP contribution is 2.24. The highest BCUT2D eigenvalue weighted by molar-refractivity contribution is 7.89.